The molecular formula is C12H13BrF2INO2. The van der Waals surface area contributed by atoms with Gasteiger partial charge in [-0.1, -0.05) is 15.9 Å². The number of amides is 1. The molecule has 0 saturated heterocycles. The maximum Gasteiger partial charge on any atom is 0.255 e. The number of nitrogens with zero attached hydrogens (tertiary/aromatic N) is 1. The molecular weight excluding hydrogens is 435 g/mol. The van der Waals surface area contributed by atoms with Crippen molar-refractivity contribution >= 4 is 44.4 Å². The highest BCUT2D eigenvalue weighted by Crippen LogP contribution is 2.20. The van der Waals surface area contributed by atoms with Crippen molar-refractivity contribution < 1.29 is 18.3 Å². The Morgan fingerprint density at radius 3 is 2.79 bits per heavy atom. The van der Waals surface area contributed by atoms with Crippen LogP contribution in [-0.4, -0.2) is 44.0 Å². The molecule has 0 aliphatic rings. The van der Waals surface area contributed by atoms with Crippen LogP contribution in [0, 0.1) is 3.57 Å². The van der Waals surface area contributed by atoms with E-state index in [1.54, 1.807) is 18.2 Å². The van der Waals surface area contributed by atoms with Crippen LogP contribution in [0.25, 0.3) is 0 Å². The summed E-state index contributed by atoms with van der Waals surface area (Å²) >= 11 is 5.28. The highest BCUT2D eigenvalue weighted by atomic mass is 127. The predicted octanol–water partition coefficient (Wildman–Crippen LogP) is 3.41. The highest BCUT2D eigenvalue weighted by Gasteiger charge is 2.21. The van der Waals surface area contributed by atoms with E-state index in [-0.39, 0.29) is 13.2 Å². The van der Waals surface area contributed by atoms with Crippen LogP contribution >= 0.6 is 38.5 Å². The van der Waals surface area contributed by atoms with Gasteiger partial charge >= 0.3 is 0 Å². The zero-order chi connectivity index (χ0) is 14.4. The molecule has 1 aromatic carbocycles. The molecule has 106 valence electrons. The predicted molar refractivity (Wildman–Crippen MR) is 80.6 cm³/mol. The number of alkyl halides is 2. The quantitative estimate of drug-likeness (QED) is 0.625. The molecule has 1 aromatic rings. The fraction of sp³-hybridized carbons (Fsp3) is 0.417. The average Bonchev–Trinajstić information content (AvgIpc) is 2.36. The number of hydrogen-bond acceptors (Lipinski definition) is 2. The Labute approximate surface area is 132 Å². The number of hydrogen-bond donors (Lipinski definition) is 0. The van der Waals surface area contributed by atoms with Crippen LogP contribution in [0.1, 0.15) is 10.4 Å². The number of methoxy groups -OCH3 is 1. The van der Waals surface area contributed by atoms with Crippen LogP contribution in [0.3, 0.4) is 0 Å². The van der Waals surface area contributed by atoms with Gasteiger partial charge in [-0.2, -0.15) is 0 Å². The first-order valence-electron chi connectivity index (χ1n) is 5.47. The first kappa shape index (κ1) is 16.8. The van der Waals surface area contributed by atoms with Crippen LogP contribution in [0.2, 0.25) is 0 Å². The van der Waals surface area contributed by atoms with Crippen LogP contribution in [0.4, 0.5) is 8.78 Å². The minimum Gasteiger partial charge on any atom is -0.383 e. The average molecular weight is 448 g/mol. The second kappa shape index (κ2) is 8.11. The number of halogens is 4. The first-order valence-corrected chi connectivity index (χ1v) is 7.34. The summed E-state index contributed by atoms with van der Waals surface area (Å²) in [6.07, 6.45) is -2.56. The van der Waals surface area contributed by atoms with E-state index < -0.39 is 18.9 Å². The summed E-state index contributed by atoms with van der Waals surface area (Å²) in [6, 6.07) is 5.19. The molecule has 1 amide bonds. The van der Waals surface area contributed by atoms with E-state index in [4.69, 9.17) is 4.74 Å². The van der Waals surface area contributed by atoms with Gasteiger partial charge in [-0.25, -0.2) is 8.78 Å². The maximum absolute atomic E-state index is 12.5. The van der Waals surface area contributed by atoms with Crippen molar-refractivity contribution in [3.8, 4) is 0 Å². The van der Waals surface area contributed by atoms with Crippen molar-refractivity contribution in [3.05, 3.63) is 31.8 Å². The number of rotatable bonds is 6. The summed E-state index contributed by atoms with van der Waals surface area (Å²) in [5.74, 6) is -0.414. The monoisotopic (exact) mass is 447 g/mol. The summed E-state index contributed by atoms with van der Waals surface area (Å²) < 4.78 is 31.3. The van der Waals surface area contributed by atoms with Gasteiger partial charge in [0, 0.05) is 21.7 Å². The Kier molecular flexibility index (Phi) is 7.16. The van der Waals surface area contributed by atoms with E-state index >= 15 is 0 Å². The molecule has 1 rings (SSSR count). The van der Waals surface area contributed by atoms with Crippen molar-refractivity contribution in [3.63, 3.8) is 0 Å². The molecule has 0 fully saturated rings. The van der Waals surface area contributed by atoms with Crippen molar-refractivity contribution in [2.45, 2.75) is 6.43 Å². The zero-order valence-electron chi connectivity index (χ0n) is 10.2. The maximum atomic E-state index is 12.5. The second-order valence-electron chi connectivity index (χ2n) is 3.76. The molecule has 19 heavy (non-hydrogen) atoms. The third-order valence-corrected chi connectivity index (χ3v) is 3.80. The molecule has 0 unspecified atom stereocenters. The molecule has 0 radical (unpaired) electrons. The molecule has 0 bridgehead atoms. The second-order valence-corrected chi connectivity index (χ2v) is 5.84. The van der Waals surface area contributed by atoms with Gasteiger partial charge < -0.3 is 9.64 Å². The van der Waals surface area contributed by atoms with Crippen LogP contribution in [0.5, 0.6) is 0 Å². The molecule has 0 N–H and O–H groups in total. The van der Waals surface area contributed by atoms with Crippen molar-refractivity contribution in [2.24, 2.45) is 0 Å². The van der Waals surface area contributed by atoms with E-state index in [2.05, 4.69) is 15.9 Å². The summed E-state index contributed by atoms with van der Waals surface area (Å²) in [4.78, 5) is 13.4. The minimum absolute atomic E-state index is 0.141. The van der Waals surface area contributed by atoms with Crippen LogP contribution in [0.15, 0.2) is 22.7 Å². The SMILES string of the molecule is COCCN(CC(F)F)C(=O)c1cc(Br)ccc1I. The molecule has 0 saturated carbocycles. The normalized spacial score (nSPS) is 10.8. The van der Waals surface area contributed by atoms with Crippen LogP contribution < -0.4 is 0 Å². The number of carbonyl (C=O) groups excluding carboxylic acids is 1. The first-order chi connectivity index (χ1) is 8.95. The smallest absolute Gasteiger partial charge is 0.255 e. The molecule has 0 aliphatic heterocycles. The van der Waals surface area contributed by atoms with E-state index in [9.17, 15) is 13.6 Å². The standard InChI is InChI=1S/C12H13BrF2INO2/c1-19-5-4-17(7-11(14)15)12(18)9-6-8(13)2-3-10(9)16/h2-3,6,11H,4-5,7H2,1H3. The Bertz CT molecular complexity index is 446. The Morgan fingerprint density at radius 2 is 2.21 bits per heavy atom. The molecule has 0 heterocycles. The molecule has 0 aliphatic carbocycles. The fourth-order valence-corrected chi connectivity index (χ4v) is 2.40. The van der Waals surface area contributed by atoms with Crippen molar-refractivity contribution in [1.29, 1.82) is 0 Å². The Morgan fingerprint density at radius 1 is 1.53 bits per heavy atom. The summed E-state index contributed by atoms with van der Waals surface area (Å²) in [6.45, 7) is -0.226. The van der Waals surface area contributed by atoms with Gasteiger partial charge in [0.2, 0.25) is 0 Å². The number of ether oxygens (including phenoxy) is 1. The van der Waals surface area contributed by atoms with E-state index in [1.165, 1.54) is 7.11 Å². The van der Waals surface area contributed by atoms with Crippen LogP contribution in [-0.2, 0) is 4.74 Å². The lowest BCUT2D eigenvalue weighted by molar-refractivity contribution is 0.0477. The summed E-state index contributed by atoms with van der Waals surface area (Å²) in [7, 11) is 1.47. The van der Waals surface area contributed by atoms with Gasteiger partial charge in [0.05, 0.1) is 18.7 Å². The molecule has 3 nitrogen and oxygen atoms in total. The van der Waals surface area contributed by atoms with Crippen molar-refractivity contribution in [2.75, 3.05) is 26.8 Å². The third kappa shape index (κ3) is 5.31. The fourth-order valence-electron chi connectivity index (χ4n) is 1.48. The van der Waals surface area contributed by atoms with Gasteiger partial charge in [0.1, 0.15) is 0 Å². The zero-order valence-corrected chi connectivity index (χ0v) is 13.9. The number of carbonyl (C=O) groups is 1. The third-order valence-electron chi connectivity index (χ3n) is 2.37. The van der Waals surface area contributed by atoms with E-state index in [1.807, 2.05) is 22.6 Å². The van der Waals surface area contributed by atoms with Gasteiger partial charge in [0.15, 0.2) is 0 Å². The largest absolute Gasteiger partial charge is 0.383 e. The van der Waals surface area contributed by atoms with Gasteiger partial charge in [-0.05, 0) is 40.8 Å². The van der Waals surface area contributed by atoms with Gasteiger partial charge in [0.25, 0.3) is 12.3 Å². The van der Waals surface area contributed by atoms with E-state index in [0.717, 1.165) is 12.9 Å². The molecule has 7 heteroatoms. The summed E-state index contributed by atoms with van der Waals surface area (Å²) in [5.41, 5.74) is 0.409. The summed E-state index contributed by atoms with van der Waals surface area (Å²) in [5, 5.41) is 0. The highest BCUT2D eigenvalue weighted by molar-refractivity contribution is 14.1. The lowest BCUT2D eigenvalue weighted by Crippen LogP contribution is -2.37. The van der Waals surface area contributed by atoms with Gasteiger partial charge in [-0.3, -0.25) is 4.79 Å². The van der Waals surface area contributed by atoms with Gasteiger partial charge in [-0.15, -0.1) is 0 Å². The van der Waals surface area contributed by atoms with E-state index in [0.29, 0.717) is 5.56 Å². The Balaban J connectivity index is 2.93. The minimum atomic E-state index is -2.56. The molecule has 0 spiro atoms. The lowest BCUT2D eigenvalue weighted by Gasteiger charge is -2.22. The topological polar surface area (TPSA) is 29.5 Å². The number of benzene rings is 1. The lowest BCUT2D eigenvalue weighted by atomic mass is 10.2. The Hall–Kier alpha value is -0.280. The molecule has 0 aromatic heterocycles. The molecule has 0 atom stereocenters. The van der Waals surface area contributed by atoms with Crippen molar-refractivity contribution in [1.82, 2.24) is 4.90 Å².